The molecule has 0 radical (unpaired) electrons. The number of hydrogen-bond donors (Lipinski definition) is 2. The van der Waals surface area contributed by atoms with Gasteiger partial charge in [0.15, 0.2) is 0 Å². The van der Waals surface area contributed by atoms with Gasteiger partial charge >= 0.3 is 0 Å². The monoisotopic (exact) mass is 451 g/mol. The summed E-state index contributed by atoms with van der Waals surface area (Å²) in [4.78, 5) is 31.0. The van der Waals surface area contributed by atoms with Crippen LogP contribution >= 0.6 is 11.6 Å². The van der Waals surface area contributed by atoms with Gasteiger partial charge in [0.1, 0.15) is 11.4 Å². The first-order valence-corrected chi connectivity index (χ1v) is 11.3. The molecule has 2 aromatic carbocycles. The molecule has 6 nitrogen and oxygen atoms in total. The molecule has 3 aromatic rings. The minimum Gasteiger partial charge on any atom is -0.495 e. The fraction of sp³-hybridized carbons (Fsp3) is 0.360. The van der Waals surface area contributed by atoms with Crippen LogP contribution in [0.3, 0.4) is 0 Å². The number of aryl methyl sites for hydroxylation is 1. The molecule has 2 amide bonds. The Balaban J connectivity index is 1.19. The summed E-state index contributed by atoms with van der Waals surface area (Å²) in [6.45, 7) is 3.53. The molecule has 1 saturated heterocycles. The Hall–Kier alpha value is -2.99. The van der Waals surface area contributed by atoms with Crippen LogP contribution in [0.5, 0.6) is 5.75 Å². The highest BCUT2D eigenvalue weighted by atomic mass is 35.5. The van der Waals surface area contributed by atoms with Crippen molar-refractivity contribution in [3.63, 3.8) is 0 Å². The maximum Gasteiger partial charge on any atom is 0.270 e. The highest BCUT2D eigenvalue weighted by Gasteiger charge is 2.50. The lowest BCUT2D eigenvalue weighted by atomic mass is 9.65. The standard InChI is InChI=1S/C25H26ClN3O3/c1-15-4-3-5-16-10-20(28-22(15)16)24(31)29-9-8-25(14-29)12-18(13-25)27-23(30)17-6-7-19(26)21(11-17)32-2/h3-7,10-11,18,28H,8-9,12-14H2,1-2H3,(H,27,30). The Bertz CT molecular complexity index is 1210. The minimum absolute atomic E-state index is 0.0539. The van der Waals surface area contributed by atoms with Gasteiger partial charge in [0.25, 0.3) is 11.8 Å². The lowest BCUT2D eigenvalue weighted by Crippen LogP contribution is -2.52. The Morgan fingerprint density at radius 3 is 2.78 bits per heavy atom. The third-order valence-corrected chi connectivity index (χ3v) is 7.24. The highest BCUT2D eigenvalue weighted by molar-refractivity contribution is 6.32. The van der Waals surface area contributed by atoms with Crippen LogP contribution in [-0.4, -0.2) is 47.9 Å². The number of ether oxygens (including phenoxy) is 1. The molecule has 32 heavy (non-hydrogen) atoms. The topological polar surface area (TPSA) is 74.4 Å². The van der Waals surface area contributed by atoms with Crippen molar-refractivity contribution in [2.45, 2.75) is 32.2 Å². The van der Waals surface area contributed by atoms with Crippen LogP contribution in [0.15, 0.2) is 42.5 Å². The smallest absolute Gasteiger partial charge is 0.270 e. The normalized spacial score (nSPS) is 22.2. The number of aromatic nitrogens is 1. The van der Waals surface area contributed by atoms with E-state index in [0.29, 0.717) is 22.0 Å². The number of fused-ring (bicyclic) bond motifs is 1. The maximum atomic E-state index is 13.1. The minimum atomic E-state index is -0.126. The molecule has 166 valence electrons. The summed E-state index contributed by atoms with van der Waals surface area (Å²) in [5.74, 6) is 0.416. The maximum absolute atomic E-state index is 13.1. The second-order valence-corrected chi connectivity index (χ2v) is 9.53. The lowest BCUT2D eigenvalue weighted by Gasteiger charge is -2.45. The summed E-state index contributed by atoms with van der Waals surface area (Å²) >= 11 is 6.05. The zero-order valence-corrected chi connectivity index (χ0v) is 19.0. The van der Waals surface area contributed by atoms with Crippen molar-refractivity contribution >= 4 is 34.3 Å². The fourth-order valence-electron chi connectivity index (χ4n) is 5.19. The Morgan fingerprint density at radius 1 is 1.22 bits per heavy atom. The van der Waals surface area contributed by atoms with Gasteiger partial charge in [-0.05, 0) is 61.4 Å². The molecule has 1 saturated carbocycles. The van der Waals surface area contributed by atoms with Crippen molar-refractivity contribution in [2.24, 2.45) is 5.41 Å². The van der Waals surface area contributed by atoms with Crippen LogP contribution in [0.1, 0.15) is 45.7 Å². The molecular formula is C25H26ClN3O3. The van der Waals surface area contributed by atoms with Crippen molar-refractivity contribution < 1.29 is 14.3 Å². The zero-order valence-electron chi connectivity index (χ0n) is 18.2. The molecule has 7 heteroatoms. The second-order valence-electron chi connectivity index (χ2n) is 9.13. The van der Waals surface area contributed by atoms with E-state index in [1.54, 1.807) is 18.2 Å². The van der Waals surface area contributed by atoms with E-state index >= 15 is 0 Å². The number of rotatable bonds is 4. The average Bonchev–Trinajstić information content (AvgIpc) is 3.39. The molecular weight excluding hydrogens is 426 g/mol. The quantitative estimate of drug-likeness (QED) is 0.610. The van der Waals surface area contributed by atoms with Crippen molar-refractivity contribution in [3.8, 4) is 5.75 Å². The number of amides is 2. The number of aromatic amines is 1. The first-order valence-electron chi connectivity index (χ1n) is 10.9. The van der Waals surface area contributed by atoms with E-state index in [9.17, 15) is 9.59 Å². The first kappa shape index (κ1) is 20.9. The number of methoxy groups -OCH3 is 1. The molecule has 0 bridgehead atoms. The summed E-state index contributed by atoms with van der Waals surface area (Å²) in [5.41, 5.74) is 3.44. The van der Waals surface area contributed by atoms with Crippen LogP contribution in [-0.2, 0) is 0 Å². The number of H-pyrrole nitrogens is 1. The Labute approximate surface area is 191 Å². The summed E-state index contributed by atoms with van der Waals surface area (Å²) in [5, 5.41) is 4.65. The SMILES string of the molecule is COc1cc(C(=O)NC2CC3(CCN(C(=O)c4cc5cccc(C)c5[nH]4)C3)C2)ccc1Cl. The molecule has 2 heterocycles. The summed E-state index contributed by atoms with van der Waals surface area (Å²) < 4.78 is 5.20. The van der Waals surface area contributed by atoms with Crippen molar-refractivity contribution in [1.29, 1.82) is 0 Å². The fourth-order valence-corrected chi connectivity index (χ4v) is 5.39. The summed E-state index contributed by atoms with van der Waals surface area (Å²) in [7, 11) is 1.53. The van der Waals surface area contributed by atoms with Gasteiger partial charge in [-0.15, -0.1) is 0 Å². The van der Waals surface area contributed by atoms with Crippen LogP contribution in [0, 0.1) is 12.3 Å². The molecule has 2 fully saturated rings. The third kappa shape index (κ3) is 3.62. The zero-order chi connectivity index (χ0) is 22.5. The number of para-hydroxylation sites is 1. The van der Waals surface area contributed by atoms with Gasteiger partial charge in [-0.2, -0.15) is 0 Å². The van der Waals surface area contributed by atoms with Crippen LogP contribution in [0.4, 0.5) is 0 Å². The highest BCUT2D eigenvalue weighted by Crippen LogP contribution is 2.48. The van der Waals surface area contributed by atoms with E-state index in [0.717, 1.165) is 48.8 Å². The van der Waals surface area contributed by atoms with Gasteiger partial charge in [0, 0.05) is 35.6 Å². The average molecular weight is 452 g/mol. The number of nitrogens with one attached hydrogen (secondary N) is 2. The van der Waals surface area contributed by atoms with E-state index < -0.39 is 0 Å². The first-order chi connectivity index (χ1) is 15.4. The lowest BCUT2D eigenvalue weighted by molar-refractivity contribution is 0.0607. The van der Waals surface area contributed by atoms with E-state index in [2.05, 4.69) is 10.3 Å². The third-order valence-electron chi connectivity index (χ3n) is 6.93. The molecule has 2 N–H and O–H groups in total. The predicted octanol–water partition coefficient (Wildman–Crippen LogP) is 4.56. The molecule has 0 atom stereocenters. The number of carbonyl (C=O) groups is 2. The van der Waals surface area contributed by atoms with E-state index in [1.165, 1.54) is 7.11 Å². The van der Waals surface area contributed by atoms with Gasteiger partial charge in [0.05, 0.1) is 12.1 Å². The molecule has 5 rings (SSSR count). The summed E-state index contributed by atoms with van der Waals surface area (Å²) in [6, 6.07) is 13.2. The van der Waals surface area contributed by atoms with Crippen molar-refractivity contribution in [3.05, 3.63) is 64.3 Å². The van der Waals surface area contributed by atoms with E-state index in [4.69, 9.17) is 16.3 Å². The van der Waals surface area contributed by atoms with Crippen molar-refractivity contribution in [2.75, 3.05) is 20.2 Å². The predicted molar refractivity (Wildman–Crippen MR) is 124 cm³/mol. The number of nitrogens with zero attached hydrogens (tertiary/aromatic N) is 1. The molecule has 0 unspecified atom stereocenters. The number of carbonyl (C=O) groups excluding carboxylic acids is 2. The molecule has 2 aliphatic rings. The molecule has 1 spiro atoms. The Kier molecular flexibility index (Phi) is 5.13. The van der Waals surface area contributed by atoms with Gasteiger partial charge < -0.3 is 19.9 Å². The van der Waals surface area contributed by atoms with Gasteiger partial charge in [-0.1, -0.05) is 29.8 Å². The molecule has 1 aliphatic carbocycles. The number of hydrogen-bond acceptors (Lipinski definition) is 3. The molecule has 1 aromatic heterocycles. The van der Waals surface area contributed by atoms with Crippen LogP contribution in [0.2, 0.25) is 5.02 Å². The largest absolute Gasteiger partial charge is 0.495 e. The molecule has 1 aliphatic heterocycles. The van der Waals surface area contributed by atoms with Gasteiger partial charge in [-0.3, -0.25) is 9.59 Å². The number of halogens is 1. The second kappa shape index (κ2) is 7.85. The summed E-state index contributed by atoms with van der Waals surface area (Å²) in [6.07, 6.45) is 2.75. The Morgan fingerprint density at radius 2 is 2.03 bits per heavy atom. The number of benzene rings is 2. The van der Waals surface area contributed by atoms with Crippen LogP contribution in [0.25, 0.3) is 10.9 Å². The van der Waals surface area contributed by atoms with E-state index in [-0.39, 0.29) is 23.3 Å². The van der Waals surface area contributed by atoms with Gasteiger partial charge in [0.2, 0.25) is 0 Å². The van der Waals surface area contributed by atoms with Crippen molar-refractivity contribution in [1.82, 2.24) is 15.2 Å². The van der Waals surface area contributed by atoms with Crippen LogP contribution < -0.4 is 10.1 Å². The number of likely N-dealkylation sites (tertiary alicyclic amines) is 1. The van der Waals surface area contributed by atoms with Gasteiger partial charge in [-0.25, -0.2) is 0 Å². The van der Waals surface area contributed by atoms with E-state index in [1.807, 2.05) is 36.1 Å².